The molecule has 0 saturated carbocycles. The van der Waals surface area contributed by atoms with E-state index in [4.69, 9.17) is 0 Å². The largest absolute Gasteiger partial charge is 0.393 e. The van der Waals surface area contributed by atoms with Crippen molar-refractivity contribution in [3.05, 3.63) is 35.1 Å². The molecule has 0 saturated heterocycles. The second-order valence-electron chi connectivity index (χ2n) is 5.45. The number of hydrogen-bond acceptors (Lipinski definition) is 1. The number of rotatable bonds is 5. The highest BCUT2D eigenvalue weighted by Crippen LogP contribution is 2.20. The Morgan fingerprint density at radius 3 is 2.41 bits per heavy atom. The van der Waals surface area contributed by atoms with E-state index in [9.17, 15) is 9.50 Å². The van der Waals surface area contributed by atoms with Gasteiger partial charge in [0.2, 0.25) is 0 Å². The Balaban J connectivity index is 2.64. The lowest BCUT2D eigenvalue weighted by Crippen LogP contribution is -2.22. The van der Waals surface area contributed by atoms with Gasteiger partial charge in [-0.15, -0.1) is 0 Å². The van der Waals surface area contributed by atoms with E-state index < -0.39 is 0 Å². The third kappa shape index (κ3) is 4.47. The molecule has 2 unspecified atom stereocenters. The molecule has 0 aromatic heterocycles. The maximum Gasteiger partial charge on any atom is 0.123 e. The topological polar surface area (TPSA) is 20.2 Å². The van der Waals surface area contributed by atoms with E-state index in [-0.39, 0.29) is 17.8 Å². The van der Waals surface area contributed by atoms with Crippen LogP contribution in [0.2, 0.25) is 0 Å². The van der Waals surface area contributed by atoms with Crippen molar-refractivity contribution in [2.75, 3.05) is 0 Å². The average molecular weight is 238 g/mol. The van der Waals surface area contributed by atoms with E-state index >= 15 is 0 Å². The van der Waals surface area contributed by atoms with Crippen LogP contribution in [0.3, 0.4) is 0 Å². The molecule has 0 aliphatic carbocycles. The molecule has 1 nitrogen and oxygen atoms in total. The van der Waals surface area contributed by atoms with Crippen LogP contribution in [0.4, 0.5) is 4.39 Å². The summed E-state index contributed by atoms with van der Waals surface area (Å²) < 4.78 is 13.0. The van der Waals surface area contributed by atoms with E-state index in [0.29, 0.717) is 12.3 Å². The van der Waals surface area contributed by atoms with Gasteiger partial charge in [0, 0.05) is 0 Å². The van der Waals surface area contributed by atoms with Gasteiger partial charge in [0.25, 0.3) is 0 Å². The van der Waals surface area contributed by atoms with Gasteiger partial charge in [-0.2, -0.15) is 0 Å². The fourth-order valence-electron chi connectivity index (χ4n) is 2.22. The van der Waals surface area contributed by atoms with Crippen molar-refractivity contribution in [2.45, 2.75) is 46.6 Å². The molecular weight excluding hydrogens is 215 g/mol. The van der Waals surface area contributed by atoms with Crippen molar-refractivity contribution in [3.63, 3.8) is 0 Å². The molecule has 2 heteroatoms. The summed E-state index contributed by atoms with van der Waals surface area (Å²) in [6, 6.07) is 4.76. The Bertz CT molecular complexity index is 360. The van der Waals surface area contributed by atoms with Gasteiger partial charge >= 0.3 is 0 Å². The predicted molar refractivity (Wildman–Crippen MR) is 69.5 cm³/mol. The molecule has 2 atom stereocenters. The molecule has 0 amide bonds. The zero-order valence-electron chi connectivity index (χ0n) is 11.2. The van der Waals surface area contributed by atoms with E-state index in [2.05, 4.69) is 20.8 Å². The van der Waals surface area contributed by atoms with Crippen molar-refractivity contribution in [2.24, 2.45) is 11.8 Å². The SMILES string of the molecule is Cc1cc(F)ccc1CC(O)C(C)CC(C)C. The monoisotopic (exact) mass is 238 g/mol. The molecule has 0 aliphatic rings. The third-order valence-corrected chi connectivity index (χ3v) is 3.23. The Morgan fingerprint density at radius 1 is 1.24 bits per heavy atom. The summed E-state index contributed by atoms with van der Waals surface area (Å²) in [6.07, 6.45) is 1.28. The summed E-state index contributed by atoms with van der Waals surface area (Å²) >= 11 is 0. The van der Waals surface area contributed by atoms with Gasteiger partial charge in [-0.1, -0.05) is 26.8 Å². The summed E-state index contributed by atoms with van der Waals surface area (Å²) in [5.74, 6) is 0.657. The van der Waals surface area contributed by atoms with E-state index in [1.807, 2.05) is 6.92 Å². The standard InChI is InChI=1S/C15H23FO/c1-10(2)7-12(4)15(17)9-13-5-6-14(16)8-11(13)3/h5-6,8,10,12,15,17H,7,9H2,1-4H3. The van der Waals surface area contributed by atoms with Crippen LogP contribution in [0, 0.1) is 24.6 Å². The van der Waals surface area contributed by atoms with Gasteiger partial charge in [0.1, 0.15) is 5.82 Å². The Morgan fingerprint density at radius 2 is 1.88 bits per heavy atom. The predicted octanol–water partition coefficient (Wildman–Crippen LogP) is 3.72. The van der Waals surface area contributed by atoms with Gasteiger partial charge in [-0.25, -0.2) is 4.39 Å². The Hall–Kier alpha value is -0.890. The van der Waals surface area contributed by atoms with Crippen LogP contribution in [-0.4, -0.2) is 11.2 Å². The van der Waals surface area contributed by atoms with Crippen molar-refractivity contribution in [1.82, 2.24) is 0 Å². The van der Waals surface area contributed by atoms with Crippen LogP contribution in [0.5, 0.6) is 0 Å². The molecule has 0 fully saturated rings. The summed E-state index contributed by atoms with van der Waals surface area (Å²) in [5.41, 5.74) is 1.95. The minimum atomic E-state index is -0.346. The summed E-state index contributed by atoms with van der Waals surface area (Å²) in [4.78, 5) is 0. The van der Waals surface area contributed by atoms with Crippen LogP contribution in [0.25, 0.3) is 0 Å². The molecule has 17 heavy (non-hydrogen) atoms. The highest BCUT2D eigenvalue weighted by Gasteiger charge is 2.16. The van der Waals surface area contributed by atoms with Crippen LogP contribution < -0.4 is 0 Å². The fourth-order valence-corrected chi connectivity index (χ4v) is 2.22. The molecule has 0 spiro atoms. The molecule has 1 rings (SSSR count). The number of aliphatic hydroxyl groups excluding tert-OH is 1. The maximum absolute atomic E-state index is 13.0. The summed E-state index contributed by atoms with van der Waals surface area (Å²) in [5, 5.41) is 10.1. The van der Waals surface area contributed by atoms with Gasteiger partial charge < -0.3 is 5.11 Å². The average Bonchev–Trinajstić information content (AvgIpc) is 2.21. The summed E-state index contributed by atoms with van der Waals surface area (Å²) in [7, 11) is 0. The quantitative estimate of drug-likeness (QED) is 0.829. The highest BCUT2D eigenvalue weighted by molar-refractivity contribution is 5.27. The zero-order chi connectivity index (χ0) is 13.0. The molecule has 1 aromatic rings. The lowest BCUT2D eigenvalue weighted by Gasteiger charge is -2.21. The molecule has 1 N–H and O–H groups in total. The van der Waals surface area contributed by atoms with Crippen LogP contribution in [0.1, 0.15) is 38.3 Å². The molecule has 0 heterocycles. The van der Waals surface area contributed by atoms with Crippen LogP contribution >= 0.6 is 0 Å². The number of benzene rings is 1. The smallest absolute Gasteiger partial charge is 0.123 e. The first-order valence-corrected chi connectivity index (χ1v) is 6.33. The normalized spacial score (nSPS) is 15.0. The Kier molecular flexibility index (Phi) is 5.13. The second kappa shape index (κ2) is 6.15. The highest BCUT2D eigenvalue weighted by atomic mass is 19.1. The van der Waals surface area contributed by atoms with Crippen LogP contribution in [0.15, 0.2) is 18.2 Å². The number of hydrogen-bond donors (Lipinski definition) is 1. The number of aliphatic hydroxyl groups is 1. The molecule has 0 radical (unpaired) electrons. The summed E-state index contributed by atoms with van der Waals surface area (Å²) in [6.45, 7) is 8.28. The first kappa shape index (κ1) is 14.2. The van der Waals surface area contributed by atoms with Crippen molar-refractivity contribution < 1.29 is 9.50 Å². The van der Waals surface area contributed by atoms with Gasteiger partial charge in [-0.05, 0) is 54.9 Å². The third-order valence-electron chi connectivity index (χ3n) is 3.23. The van der Waals surface area contributed by atoms with Crippen molar-refractivity contribution >= 4 is 0 Å². The van der Waals surface area contributed by atoms with E-state index in [0.717, 1.165) is 17.5 Å². The minimum Gasteiger partial charge on any atom is -0.393 e. The first-order chi connectivity index (χ1) is 7.90. The lowest BCUT2D eigenvalue weighted by molar-refractivity contribution is 0.105. The maximum atomic E-state index is 13.0. The van der Waals surface area contributed by atoms with Gasteiger partial charge in [-0.3, -0.25) is 0 Å². The molecule has 0 aliphatic heterocycles. The van der Waals surface area contributed by atoms with Gasteiger partial charge in [0.15, 0.2) is 0 Å². The van der Waals surface area contributed by atoms with Crippen molar-refractivity contribution in [3.8, 4) is 0 Å². The number of halogens is 1. The molecular formula is C15H23FO. The number of aryl methyl sites for hydroxylation is 1. The fraction of sp³-hybridized carbons (Fsp3) is 0.600. The molecule has 0 bridgehead atoms. The first-order valence-electron chi connectivity index (χ1n) is 6.33. The van der Waals surface area contributed by atoms with Gasteiger partial charge in [0.05, 0.1) is 6.10 Å². The molecule has 96 valence electrons. The lowest BCUT2D eigenvalue weighted by atomic mass is 9.89. The Labute approximate surface area is 104 Å². The van der Waals surface area contributed by atoms with Crippen LogP contribution in [-0.2, 0) is 6.42 Å². The second-order valence-corrected chi connectivity index (χ2v) is 5.45. The minimum absolute atomic E-state index is 0.212. The molecule has 1 aromatic carbocycles. The van der Waals surface area contributed by atoms with Crippen molar-refractivity contribution in [1.29, 1.82) is 0 Å². The zero-order valence-corrected chi connectivity index (χ0v) is 11.2. The van der Waals surface area contributed by atoms with E-state index in [1.54, 1.807) is 6.07 Å². The van der Waals surface area contributed by atoms with E-state index in [1.165, 1.54) is 12.1 Å².